The molecular formula is C15H28N2O3. The van der Waals surface area contributed by atoms with Crippen LogP contribution in [-0.2, 0) is 14.3 Å². The Morgan fingerprint density at radius 2 is 1.95 bits per heavy atom. The summed E-state index contributed by atoms with van der Waals surface area (Å²) in [6.07, 6.45) is 3.75. The molecule has 1 rings (SSSR count). The van der Waals surface area contributed by atoms with Gasteiger partial charge in [-0.25, -0.2) is 0 Å². The molecule has 0 radical (unpaired) electrons. The molecular weight excluding hydrogens is 256 g/mol. The lowest BCUT2D eigenvalue weighted by molar-refractivity contribution is -0.135. The largest absolute Gasteiger partial charge is 0.375 e. The van der Waals surface area contributed by atoms with E-state index in [2.05, 4.69) is 12.2 Å². The van der Waals surface area contributed by atoms with Crippen LogP contribution in [0.4, 0.5) is 0 Å². The van der Waals surface area contributed by atoms with Crippen molar-refractivity contribution in [3.63, 3.8) is 0 Å². The van der Waals surface area contributed by atoms with Gasteiger partial charge in [-0.2, -0.15) is 0 Å². The van der Waals surface area contributed by atoms with Gasteiger partial charge in [-0.05, 0) is 32.1 Å². The number of amides is 2. The second-order valence-corrected chi connectivity index (χ2v) is 6.21. The number of ether oxygens (including phenoxy) is 1. The number of hydrogen-bond acceptors (Lipinski definition) is 3. The summed E-state index contributed by atoms with van der Waals surface area (Å²) >= 11 is 0. The molecule has 0 aliphatic carbocycles. The normalized spacial score (nSPS) is 23.7. The van der Waals surface area contributed by atoms with Crippen LogP contribution in [0.2, 0.25) is 0 Å². The number of nitrogens with zero attached hydrogens (tertiary/aromatic N) is 1. The van der Waals surface area contributed by atoms with Crippen LogP contribution in [0, 0.1) is 5.92 Å². The Balaban J connectivity index is 2.40. The molecule has 0 bridgehead atoms. The molecule has 1 saturated heterocycles. The van der Waals surface area contributed by atoms with Crippen LogP contribution in [0.15, 0.2) is 0 Å². The number of carbonyl (C=O) groups is 2. The maximum Gasteiger partial charge on any atom is 0.244 e. The fourth-order valence-electron chi connectivity index (χ4n) is 2.43. The van der Waals surface area contributed by atoms with Gasteiger partial charge in [-0.1, -0.05) is 13.8 Å². The summed E-state index contributed by atoms with van der Waals surface area (Å²) in [4.78, 5) is 25.5. The van der Waals surface area contributed by atoms with E-state index < -0.39 is 6.04 Å². The van der Waals surface area contributed by atoms with Gasteiger partial charge in [0.05, 0.1) is 12.2 Å². The lowest BCUT2D eigenvalue weighted by atomic mass is 10.0. The van der Waals surface area contributed by atoms with Crippen LogP contribution >= 0.6 is 0 Å². The Labute approximate surface area is 122 Å². The third kappa shape index (κ3) is 5.12. The van der Waals surface area contributed by atoms with Crippen molar-refractivity contribution in [2.24, 2.45) is 5.92 Å². The summed E-state index contributed by atoms with van der Waals surface area (Å²) < 4.78 is 5.69. The van der Waals surface area contributed by atoms with Crippen LogP contribution < -0.4 is 5.32 Å². The summed E-state index contributed by atoms with van der Waals surface area (Å²) in [6.45, 7) is 5.94. The second-order valence-electron chi connectivity index (χ2n) is 6.21. The second kappa shape index (κ2) is 7.62. The molecule has 1 N–H and O–H groups in total. The highest BCUT2D eigenvalue weighted by molar-refractivity contribution is 5.87. The number of hydrogen-bond donors (Lipinski definition) is 1. The fraction of sp³-hybridized carbons (Fsp3) is 0.867. The zero-order valence-corrected chi connectivity index (χ0v) is 13.3. The predicted molar refractivity (Wildman–Crippen MR) is 78.3 cm³/mol. The van der Waals surface area contributed by atoms with Crippen LogP contribution in [0.5, 0.6) is 0 Å². The Kier molecular flexibility index (Phi) is 6.46. The van der Waals surface area contributed by atoms with Crippen molar-refractivity contribution in [2.75, 3.05) is 14.1 Å². The quantitative estimate of drug-likeness (QED) is 0.805. The molecule has 0 aromatic rings. The minimum atomic E-state index is -0.444. The first-order valence-corrected chi connectivity index (χ1v) is 7.47. The molecule has 2 amide bonds. The first kappa shape index (κ1) is 17.0. The number of rotatable bonds is 6. The molecule has 1 aliphatic heterocycles. The van der Waals surface area contributed by atoms with Crippen LogP contribution in [0.1, 0.15) is 46.5 Å². The summed E-state index contributed by atoms with van der Waals surface area (Å²) in [5, 5.41) is 2.85. The molecule has 1 fully saturated rings. The van der Waals surface area contributed by atoms with Gasteiger partial charge in [-0.3, -0.25) is 9.59 Å². The van der Waals surface area contributed by atoms with E-state index in [4.69, 9.17) is 4.74 Å². The topological polar surface area (TPSA) is 58.6 Å². The van der Waals surface area contributed by atoms with E-state index in [0.717, 1.165) is 19.3 Å². The minimum Gasteiger partial charge on any atom is -0.375 e. The van der Waals surface area contributed by atoms with Crippen molar-refractivity contribution in [2.45, 2.75) is 64.7 Å². The zero-order chi connectivity index (χ0) is 15.3. The minimum absolute atomic E-state index is 0.0564. The average Bonchev–Trinajstić information content (AvgIpc) is 2.78. The highest BCUT2D eigenvalue weighted by atomic mass is 16.5. The van der Waals surface area contributed by atoms with E-state index in [0.29, 0.717) is 12.5 Å². The van der Waals surface area contributed by atoms with Gasteiger partial charge >= 0.3 is 0 Å². The van der Waals surface area contributed by atoms with E-state index >= 15 is 0 Å². The number of nitrogens with one attached hydrogen (secondary N) is 1. The monoisotopic (exact) mass is 284 g/mol. The van der Waals surface area contributed by atoms with Crippen molar-refractivity contribution in [3.05, 3.63) is 0 Å². The maximum atomic E-state index is 12.0. The Hall–Kier alpha value is -1.10. The molecule has 20 heavy (non-hydrogen) atoms. The SMILES string of the molecule is CC(C)[C@H](NC(=O)CC[C@@H]1CC[C@@H](C)O1)C(=O)N(C)C. The molecule has 1 aliphatic rings. The van der Waals surface area contributed by atoms with Crippen molar-refractivity contribution >= 4 is 11.8 Å². The van der Waals surface area contributed by atoms with E-state index in [1.165, 1.54) is 4.90 Å². The number of likely N-dealkylation sites (N-methyl/N-ethyl adjacent to an activating group) is 1. The fourth-order valence-corrected chi connectivity index (χ4v) is 2.43. The summed E-state index contributed by atoms with van der Waals surface area (Å²) in [6, 6.07) is -0.444. The first-order valence-electron chi connectivity index (χ1n) is 7.47. The summed E-state index contributed by atoms with van der Waals surface area (Å²) in [5.74, 6) is -0.0438. The van der Waals surface area contributed by atoms with Gasteiger partial charge in [0.25, 0.3) is 0 Å². The highest BCUT2D eigenvalue weighted by Crippen LogP contribution is 2.22. The van der Waals surface area contributed by atoms with Crippen molar-refractivity contribution in [1.29, 1.82) is 0 Å². The molecule has 0 aromatic carbocycles. The summed E-state index contributed by atoms with van der Waals surface area (Å²) in [7, 11) is 3.41. The van der Waals surface area contributed by atoms with Crippen molar-refractivity contribution in [3.8, 4) is 0 Å². The molecule has 0 aromatic heterocycles. The standard InChI is InChI=1S/C15H28N2O3/c1-10(2)14(15(19)17(4)5)16-13(18)9-8-12-7-6-11(3)20-12/h10-12,14H,6-9H2,1-5H3,(H,16,18)/t11-,12+,14+/m1/s1. The van der Waals surface area contributed by atoms with Gasteiger partial charge in [0, 0.05) is 20.5 Å². The Morgan fingerprint density at radius 3 is 2.40 bits per heavy atom. The Morgan fingerprint density at radius 1 is 1.30 bits per heavy atom. The van der Waals surface area contributed by atoms with Crippen LogP contribution in [0.25, 0.3) is 0 Å². The first-order chi connectivity index (χ1) is 9.31. The van der Waals surface area contributed by atoms with E-state index in [-0.39, 0.29) is 23.8 Å². The molecule has 3 atom stereocenters. The number of carbonyl (C=O) groups excluding carboxylic acids is 2. The third-order valence-corrected chi connectivity index (χ3v) is 3.70. The Bertz CT molecular complexity index is 342. The third-order valence-electron chi connectivity index (χ3n) is 3.70. The average molecular weight is 284 g/mol. The van der Waals surface area contributed by atoms with Crippen molar-refractivity contribution in [1.82, 2.24) is 10.2 Å². The summed E-state index contributed by atoms with van der Waals surface area (Å²) in [5.41, 5.74) is 0. The van der Waals surface area contributed by atoms with E-state index in [9.17, 15) is 9.59 Å². The van der Waals surface area contributed by atoms with Gasteiger partial charge in [0.1, 0.15) is 6.04 Å². The molecule has 0 spiro atoms. The molecule has 0 saturated carbocycles. The van der Waals surface area contributed by atoms with Gasteiger partial charge in [0.15, 0.2) is 0 Å². The van der Waals surface area contributed by atoms with Crippen LogP contribution in [0.3, 0.4) is 0 Å². The zero-order valence-electron chi connectivity index (χ0n) is 13.3. The maximum absolute atomic E-state index is 12.0. The molecule has 5 heteroatoms. The molecule has 5 nitrogen and oxygen atoms in total. The van der Waals surface area contributed by atoms with Gasteiger partial charge < -0.3 is 15.0 Å². The lowest BCUT2D eigenvalue weighted by Gasteiger charge is -2.24. The van der Waals surface area contributed by atoms with E-state index in [1.54, 1.807) is 14.1 Å². The smallest absolute Gasteiger partial charge is 0.244 e. The van der Waals surface area contributed by atoms with Crippen molar-refractivity contribution < 1.29 is 14.3 Å². The van der Waals surface area contributed by atoms with E-state index in [1.807, 2.05) is 13.8 Å². The molecule has 1 heterocycles. The molecule has 116 valence electrons. The van der Waals surface area contributed by atoms with Gasteiger partial charge in [0.2, 0.25) is 11.8 Å². The van der Waals surface area contributed by atoms with Gasteiger partial charge in [-0.15, -0.1) is 0 Å². The molecule has 0 unspecified atom stereocenters. The van der Waals surface area contributed by atoms with Crippen LogP contribution in [-0.4, -0.2) is 49.1 Å². The predicted octanol–water partition coefficient (Wildman–Crippen LogP) is 1.56. The lowest BCUT2D eigenvalue weighted by Crippen LogP contribution is -2.49. The highest BCUT2D eigenvalue weighted by Gasteiger charge is 2.26.